The van der Waals surface area contributed by atoms with Crippen LogP contribution < -0.4 is 0 Å². The number of esters is 1. The van der Waals surface area contributed by atoms with E-state index in [1.54, 1.807) is 24.3 Å². The number of carbonyl (C=O) groups is 2. The lowest BCUT2D eigenvalue weighted by Crippen LogP contribution is -2.24. The van der Waals surface area contributed by atoms with E-state index in [0.29, 0.717) is 11.1 Å². The van der Waals surface area contributed by atoms with Crippen molar-refractivity contribution in [2.75, 3.05) is 0 Å². The molecule has 0 saturated carbocycles. The zero-order chi connectivity index (χ0) is 21.5. The highest BCUT2D eigenvalue weighted by Gasteiger charge is 2.31. The average Bonchev–Trinajstić information content (AvgIpc) is 2.85. The Labute approximate surface area is 181 Å². The molecule has 0 saturated heterocycles. The van der Waals surface area contributed by atoms with Gasteiger partial charge in [-0.25, -0.2) is 0 Å². The number of ether oxygens (including phenoxy) is 1. The van der Waals surface area contributed by atoms with Gasteiger partial charge in [0.15, 0.2) is 5.78 Å². The predicted molar refractivity (Wildman–Crippen MR) is 122 cm³/mol. The monoisotopic (exact) mass is 406 g/mol. The summed E-state index contributed by atoms with van der Waals surface area (Å²) in [5.74, 6) is -1.84. The van der Waals surface area contributed by atoms with Crippen molar-refractivity contribution in [1.29, 1.82) is 0 Å². The van der Waals surface area contributed by atoms with Crippen LogP contribution in [0.5, 0.6) is 0 Å². The number of benzene rings is 4. The van der Waals surface area contributed by atoms with Gasteiger partial charge in [-0.05, 0) is 22.3 Å². The van der Waals surface area contributed by atoms with Gasteiger partial charge in [0.25, 0.3) is 0 Å². The molecule has 0 aliphatic heterocycles. The van der Waals surface area contributed by atoms with E-state index >= 15 is 0 Å². The lowest BCUT2D eigenvalue weighted by molar-refractivity contribution is -0.145. The minimum Gasteiger partial charge on any atom is -0.460 e. The molecule has 1 atom stereocenters. The van der Waals surface area contributed by atoms with E-state index in [-0.39, 0.29) is 12.4 Å². The van der Waals surface area contributed by atoms with Crippen molar-refractivity contribution in [3.63, 3.8) is 0 Å². The molecule has 3 nitrogen and oxygen atoms in total. The second-order valence-corrected chi connectivity index (χ2v) is 7.24. The van der Waals surface area contributed by atoms with Crippen LogP contribution in [0.1, 0.15) is 27.4 Å². The lowest BCUT2D eigenvalue weighted by Gasteiger charge is -2.16. The minimum absolute atomic E-state index is 0.125. The Hall–Kier alpha value is -3.98. The molecular formula is C28H22O3. The van der Waals surface area contributed by atoms with Crippen LogP contribution in [0.4, 0.5) is 0 Å². The number of Topliss-reactive ketones (excluding diaryl/α,β-unsaturated/α-hetero) is 1. The Morgan fingerprint density at radius 1 is 0.613 bits per heavy atom. The molecule has 0 N–H and O–H groups in total. The van der Waals surface area contributed by atoms with Crippen molar-refractivity contribution in [2.45, 2.75) is 12.5 Å². The molecule has 0 aromatic heterocycles. The first-order valence-corrected chi connectivity index (χ1v) is 10.2. The smallest absolute Gasteiger partial charge is 0.321 e. The van der Waals surface area contributed by atoms with E-state index in [2.05, 4.69) is 0 Å². The molecular weight excluding hydrogens is 384 g/mol. The number of ketones is 1. The van der Waals surface area contributed by atoms with E-state index in [4.69, 9.17) is 4.74 Å². The van der Waals surface area contributed by atoms with E-state index < -0.39 is 11.9 Å². The fourth-order valence-corrected chi connectivity index (χ4v) is 3.47. The minimum atomic E-state index is -1.02. The summed E-state index contributed by atoms with van der Waals surface area (Å²) in [6, 6.07) is 35.8. The van der Waals surface area contributed by atoms with Crippen molar-refractivity contribution >= 4 is 11.8 Å². The summed E-state index contributed by atoms with van der Waals surface area (Å²) in [6.45, 7) is 0.125. The summed E-state index contributed by atoms with van der Waals surface area (Å²) in [7, 11) is 0. The fourth-order valence-electron chi connectivity index (χ4n) is 3.47. The van der Waals surface area contributed by atoms with Gasteiger partial charge in [-0.2, -0.15) is 0 Å². The predicted octanol–water partition coefficient (Wildman–Crippen LogP) is 6.06. The molecule has 0 aliphatic carbocycles. The van der Waals surface area contributed by atoms with Crippen molar-refractivity contribution < 1.29 is 14.3 Å². The summed E-state index contributed by atoms with van der Waals surface area (Å²) in [5, 5.41) is 0. The van der Waals surface area contributed by atoms with Crippen LogP contribution in [-0.4, -0.2) is 11.8 Å². The largest absolute Gasteiger partial charge is 0.460 e. The van der Waals surface area contributed by atoms with Gasteiger partial charge in [0.05, 0.1) is 0 Å². The molecule has 0 radical (unpaired) electrons. The Morgan fingerprint density at radius 3 is 1.74 bits per heavy atom. The maximum Gasteiger partial charge on any atom is 0.321 e. The Kier molecular flexibility index (Phi) is 6.34. The average molecular weight is 406 g/mol. The quantitative estimate of drug-likeness (QED) is 0.213. The molecule has 0 bridgehead atoms. The SMILES string of the molecule is O=C(OCc1ccccc1)C(C(=O)c1ccccc1)c1ccc(-c2ccccc2)cc1. The van der Waals surface area contributed by atoms with E-state index in [1.807, 2.05) is 91.0 Å². The topological polar surface area (TPSA) is 43.4 Å². The van der Waals surface area contributed by atoms with Gasteiger partial charge >= 0.3 is 5.97 Å². The maximum absolute atomic E-state index is 13.3. The van der Waals surface area contributed by atoms with E-state index in [9.17, 15) is 9.59 Å². The summed E-state index contributed by atoms with van der Waals surface area (Å²) in [5.41, 5.74) is 4.07. The zero-order valence-corrected chi connectivity index (χ0v) is 17.0. The molecule has 0 fully saturated rings. The van der Waals surface area contributed by atoms with Gasteiger partial charge in [0.1, 0.15) is 12.5 Å². The van der Waals surface area contributed by atoms with Crippen LogP contribution in [0.2, 0.25) is 0 Å². The van der Waals surface area contributed by atoms with Crippen LogP contribution in [0, 0.1) is 0 Å². The van der Waals surface area contributed by atoms with Crippen LogP contribution in [0.3, 0.4) is 0 Å². The van der Waals surface area contributed by atoms with Crippen LogP contribution in [0.25, 0.3) is 11.1 Å². The second-order valence-electron chi connectivity index (χ2n) is 7.24. The summed E-state index contributed by atoms with van der Waals surface area (Å²) in [4.78, 5) is 26.3. The van der Waals surface area contributed by atoms with Crippen molar-refractivity contribution in [3.05, 3.63) is 132 Å². The molecule has 0 spiro atoms. The van der Waals surface area contributed by atoms with E-state index in [1.165, 1.54) is 0 Å². The molecule has 31 heavy (non-hydrogen) atoms. The molecule has 0 amide bonds. The highest BCUT2D eigenvalue weighted by atomic mass is 16.5. The number of hydrogen-bond donors (Lipinski definition) is 0. The molecule has 3 heteroatoms. The van der Waals surface area contributed by atoms with Gasteiger partial charge < -0.3 is 4.74 Å². The lowest BCUT2D eigenvalue weighted by atomic mass is 9.89. The molecule has 0 aliphatic rings. The highest BCUT2D eigenvalue weighted by Crippen LogP contribution is 2.27. The maximum atomic E-state index is 13.3. The van der Waals surface area contributed by atoms with Crippen LogP contribution >= 0.6 is 0 Å². The Bertz CT molecular complexity index is 1140. The van der Waals surface area contributed by atoms with Crippen molar-refractivity contribution in [3.8, 4) is 11.1 Å². The number of hydrogen-bond acceptors (Lipinski definition) is 3. The normalized spacial score (nSPS) is 11.5. The standard InChI is InChI=1S/C28H22O3/c29-27(25-14-8-3-9-15-25)26(28(30)31-20-21-10-4-1-5-11-21)24-18-16-23(17-19-24)22-12-6-2-7-13-22/h1-19,26H,20H2. The molecule has 4 aromatic rings. The number of rotatable bonds is 7. The molecule has 4 rings (SSSR count). The zero-order valence-electron chi connectivity index (χ0n) is 17.0. The van der Waals surface area contributed by atoms with Gasteiger partial charge in [-0.3, -0.25) is 9.59 Å². The highest BCUT2D eigenvalue weighted by molar-refractivity contribution is 6.13. The van der Waals surface area contributed by atoms with Gasteiger partial charge in [-0.15, -0.1) is 0 Å². The number of carbonyl (C=O) groups excluding carboxylic acids is 2. The van der Waals surface area contributed by atoms with Gasteiger partial charge in [0.2, 0.25) is 0 Å². The fraction of sp³-hybridized carbons (Fsp3) is 0.0714. The van der Waals surface area contributed by atoms with E-state index in [0.717, 1.165) is 16.7 Å². The first kappa shape index (κ1) is 20.3. The van der Waals surface area contributed by atoms with Crippen LogP contribution in [0.15, 0.2) is 115 Å². The van der Waals surface area contributed by atoms with Gasteiger partial charge in [-0.1, -0.05) is 115 Å². The summed E-state index contributed by atoms with van der Waals surface area (Å²) < 4.78 is 5.54. The van der Waals surface area contributed by atoms with Gasteiger partial charge in [0, 0.05) is 5.56 Å². The summed E-state index contributed by atoms with van der Waals surface area (Å²) in [6.07, 6.45) is 0. The molecule has 1 unspecified atom stereocenters. The van der Waals surface area contributed by atoms with Crippen molar-refractivity contribution in [1.82, 2.24) is 0 Å². The third-order valence-electron chi connectivity index (χ3n) is 5.13. The first-order valence-electron chi connectivity index (χ1n) is 10.2. The van der Waals surface area contributed by atoms with Crippen molar-refractivity contribution in [2.24, 2.45) is 0 Å². The Morgan fingerprint density at radius 2 is 1.13 bits per heavy atom. The van der Waals surface area contributed by atoms with Crippen LogP contribution in [-0.2, 0) is 16.1 Å². The molecule has 152 valence electrons. The molecule has 4 aromatic carbocycles. The first-order chi connectivity index (χ1) is 15.2. The third kappa shape index (κ3) is 4.96. The summed E-state index contributed by atoms with van der Waals surface area (Å²) >= 11 is 0. The Balaban J connectivity index is 1.61. The molecule has 0 heterocycles. The second kappa shape index (κ2) is 9.68. The third-order valence-corrected chi connectivity index (χ3v) is 5.13.